The average Bonchev–Trinajstić information content (AvgIpc) is 2.72. The van der Waals surface area contributed by atoms with Crippen LogP contribution in [0.4, 0.5) is 0 Å². The molecule has 0 radical (unpaired) electrons. The maximum Gasteiger partial charge on any atom is 0.135 e. The molecule has 0 fully saturated rings. The van der Waals surface area contributed by atoms with E-state index in [1.54, 1.807) is 0 Å². The highest BCUT2D eigenvalue weighted by Crippen LogP contribution is 2.38. The quantitative estimate of drug-likeness (QED) is 0.412. The Kier molecular flexibility index (Phi) is 3.87. The van der Waals surface area contributed by atoms with Crippen LogP contribution in [0, 0.1) is 0 Å². The van der Waals surface area contributed by atoms with Gasteiger partial charge in [0.2, 0.25) is 0 Å². The Morgan fingerprint density at radius 3 is 2.04 bits per heavy atom. The molecule has 0 aromatic heterocycles. The van der Waals surface area contributed by atoms with Crippen LogP contribution in [0.25, 0.3) is 16.8 Å². The second-order valence-electron chi connectivity index (χ2n) is 6.61. The van der Waals surface area contributed by atoms with Crippen molar-refractivity contribution >= 4 is 16.8 Å². The summed E-state index contributed by atoms with van der Waals surface area (Å²) in [5, 5.41) is 2.37. The van der Waals surface area contributed by atoms with Crippen LogP contribution < -0.4 is 9.47 Å². The van der Waals surface area contributed by atoms with Gasteiger partial charge < -0.3 is 9.47 Å². The van der Waals surface area contributed by atoms with Crippen molar-refractivity contribution in [3.05, 3.63) is 108 Å². The Hall–Kier alpha value is -3.52. The molecule has 4 aromatic rings. The Morgan fingerprint density at radius 1 is 0.593 bits per heavy atom. The lowest BCUT2D eigenvalue weighted by Crippen LogP contribution is -2.05. The molecule has 0 amide bonds. The topological polar surface area (TPSA) is 18.5 Å². The van der Waals surface area contributed by atoms with E-state index < -0.39 is 0 Å². The summed E-state index contributed by atoms with van der Waals surface area (Å²) >= 11 is 0. The molecule has 5 rings (SSSR count). The van der Waals surface area contributed by atoms with Gasteiger partial charge in [-0.3, -0.25) is 0 Å². The molecule has 2 nitrogen and oxygen atoms in total. The molecule has 0 N–H and O–H groups in total. The summed E-state index contributed by atoms with van der Waals surface area (Å²) in [7, 11) is 0. The minimum absolute atomic E-state index is 0.772. The van der Waals surface area contributed by atoms with Crippen molar-refractivity contribution in [2.24, 2.45) is 0 Å². The first-order valence-corrected chi connectivity index (χ1v) is 9.08. The number of hydrogen-bond donors (Lipinski definition) is 0. The molecule has 0 aliphatic heterocycles. The van der Waals surface area contributed by atoms with E-state index >= 15 is 0 Å². The molecule has 1 aliphatic carbocycles. The predicted molar refractivity (Wildman–Crippen MR) is 109 cm³/mol. The lowest BCUT2D eigenvalue weighted by molar-refractivity contribution is 0.418. The zero-order valence-electron chi connectivity index (χ0n) is 14.8. The third-order valence-corrected chi connectivity index (χ3v) is 4.76. The Morgan fingerprint density at radius 2 is 1.30 bits per heavy atom. The van der Waals surface area contributed by atoms with Gasteiger partial charge in [-0.1, -0.05) is 60.7 Å². The second-order valence-corrected chi connectivity index (χ2v) is 6.61. The van der Waals surface area contributed by atoms with Crippen LogP contribution in [-0.2, 0) is 6.42 Å². The van der Waals surface area contributed by atoms with Crippen LogP contribution in [-0.4, -0.2) is 0 Å². The van der Waals surface area contributed by atoms with Crippen LogP contribution in [0.15, 0.2) is 96.8 Å². The third-order valence-electron chi connectivity index (χ3n) is 4.76. The van der Waals surface area contributed by atoms with E-state index in [4.69, 9.17) is 9.47 Å². The first kappa shape index (κ1) is 15.7. The van der Waals surface area contributed by atoms with Crippen molar-refractivity contribution in [3.63, 3.8) is 0 Å². The van der Waals surface area contributed by atoms with Crippen molar-refractivity contribution in [2.75, 3.05) is 0 Å². The summed E-state index contributed by atoms with van der Waals surface area (Å²) in [5.74, 6) is 3.54. The molecular formula is C25H18O2. The molecule has 4 aromatic carbocycles. The third kappa shape index (κ3) is 3.06. The fourth-order valence-electron chi connectivity index (χ4n) is 3.57. The molecule has 0 atom stereocenters. The number of allylic oxidation sites excluding steroid dienone is 1. The summed E-state index contributed by atoms with van der Waals surface area (Å²) in [6, 6.07) is 30.4. The van der Waals surface area contributed by atoms with Gasteiger partial charge in [0.05, 0.1) is 0 Å². The molecule has 0 heterocycles. The summed E-state index contributed by atoms with van der Waals surface area (Å²) in [5.41, 5.74) is 2.42. The smallest absolute Gasteiger partial charge is 0.135 e. The lowest BCUT2D eigenvalue weighted by atomic mass is 9.91. The van der Waals surface area contributed by atoms with Gasteiger partial charge in [0.15, 0.2) is 0 Å². The van der Waals surface area contributed by atoms with E-state index in [1.165, 1.54) is 10.9 Å². The molecule has 130 valence electrons. The molecule has 1 aliphatic rings. The van der Waals surface area contributed by atoms with Gasteiger partial charge in [-0.05, 0) is 52.9 Å². The average molecular weight is 350 g/mol. The van der Waals surface area contributed by atoms with E-state index in [0.717, 1.165) is 40.4 Å². The Balaban J connectivity index is 1.55. The highest BCUT2D eigenvalue weighted by atomic mass is 16.5. The van der Waals surface area contributed by atoms with Crippen LogP contribution in [0.3, 0.4) is 0 Å². The summed E-state index contributed by atoms with van der Waals surface area (Å²) in [6.45, 7) is 0. The highest BCUT2D eigenvalue weighted by Gasteiger charge is 2.17. The maximum absolute atomic E-state index is 6.14. The van der Waals surface area contributed by atoms with Gasteiger partial charge in [-0.15, -0.1) is 0 Å². The first-order chi connectivity index (χ1) is 13.4. The minimum atomic E-state index is 0.772. The zero-order chi connectivity index (χ0) is 18.1. The highest BCUT2D eigenvalue weighted by molar-refractivity contribution is 5.99. The molecule has 0 unspecified atom stereocenters. The van der Waals surface area contributed by atoms with Crippen molar-refractivity contribution < 1.29 is 9.47 Å². The largest absolute Gasteiger partial charge is 0.461 e. The van der Waals surface area contributed by atoms with Gasteiger partial charge in [-0.2, -0.15) is 0 Å². The number of benzene rings is 4. The van der Waals surface area contributed by atoms with E-state index in [0.29, 0.717) is 0 Å². The molecule has 0 spiro atoms. The van der Waals surface area contributed by atoms with E-state index in [9.17, 15) is 0 Å². The van der Waals surface area contributed by atoms with Crippen LogP contribution >= 0.6 is 0 Å². The lowest BCUT2D eigenvalue weighted by Gasteiger charge is -2.20. The number of ether oxygens (including phenoxy) is 2. The van der Waals surface area contributed by atoms with Crippen LogP contribution in [0.2, 0.25) is 0 Å². The van der Waals surface area contributed by atoms with Crippen molar-refractivity contribution in [2.45, 2.75) is 6.42 Å². The second kappa shape index (κ2) is 6.65. The van der Waals surface area contributed by atoms with E-state index in [2.05, 4.69) is 30.3 Å². The summed E-state index contributed by atoms with van der Waals surface area (Å²) < 4.78 is 12.2. The van der Waals surface area contributed by atoms with Crippen molar-refractivity contribution in [1.29, 1.82) is 0 Å². The molecular weight excluding hydrogens is 332 g/mol. The standard InChI is InChI=1S/C25H18O2/c1-3-9-20(10-4-1)26-22-16-18-8-7-13-23-24(15-14-19(17-22)25(18)23)27-21-11-5-2-6-12-21/h1-15,17H,16H2. The van der Waals surface area contributed by atoms with Crippen molar-refractivity contribution in [1.82, 2.24) is 0 Å². The molecule has 2 heteroatoms. The fraction of sp³-hybridized carbons (Fsp3) is 0.0400. The van der Waals surface area contributed by atoms with E-state index in [-0.39, 0.29) is 0 Å². The summed E-state index contributed by atoms with van der Waals surface area (Å²) in [6.07, 6.45) is 2.91. The molecule has 27 heavy (non-hydrogen) atoms. The molecule has 0 saturated carbocycles. The first-order valence-electron chi connectivity index (χ1n) is 9.08. The van der Waals surface area contributed by atoms with Crippen LogP contribution in [0.1, 0.15) is 11.1 Å². The number of para-hydroxylation sites is 2. The fourth-order valence-corrected chi connectivity index (χ4v) is 3.57. The monoisotopic (exact) mass is 350 g/mol. The normalized spacial score (nSPS) is 12.5. The van der Waals surface area contributed by atoms with Gasteiger partial charge in [-0.25, -0.2) is 0 Å². The number of rotatable bonds is 4. The molecule has 0 bridgehead atoms. The Labute approximate surface area is 158 Å². The van der Waals surface area contributed by atoms with Gasteiger partial charge in [0.1, 0.15) is 23.0 Å². The Bertz CT molecular complexity index is 1130. The van der Waals surface area contributed by atoms with Crippen LogP contribution in [0.5, 0.6) is 17.2 Å². The predicted octanol–water partition coefficient (Wildman–Crippen LogP) is 6.61. The summed E-state index contributed by atoms with van der Waals surface area (Å²) in [4.78, 5) is 0. The maximum atomic E-state index is 6.14. The van der Waals surface area contributed by atoms with Gasteiger partial charge in [0.25, 0.3) is 0 Å². The SMILES string of the molecule is C1=C(Oc2ccccc2)Cc2cccc3c(Oc4ccccc4)ccc1c23. The minimum Gasteiger partial charge on any atom is -0.461 e. The zero-order valence-corrected chi connectivity index (χ0v) is 14.8. The van der Waals surface area contributed by atoms with Gasteiger partial charge >= 0.3 is 0 Å². The van der Waals surface area contributed by atoms with E-state index in [1.807, 2.05) is 66.7 Å². The van der Waals surface area contributed by atoms with Crippen molar-refractivity contribution in [3.8, 4) is 17.2 Å². The number of hydrogen-bond acceptors (Lipinski definition) is 2. The van der Waals surface area contributed by atoms with Gasteiger partial charge in [0, 0.05) is 11.8 Å². The molecule has 0 saturated heterocycles.